The Morgan fingerprint density at radius 1 is 1.61 bits per heavy atom. The highest BCUT2D eigenvalue weighted by Crippen LogP contribution is 2.22. The van der Waals surface area contributed by atoms with Crippen LogP contribution in [0.25, 0.3) is 0 Å². The number of anilines is 1. The van der Waals surface area contributed by atoms with Crippen LogP contribution in [0, 0.1) is 10.1 Å². The summed E-state index contributed by atoms with van der Waals surface area (Å²) in [5, 5.41) is 17.4. The van der Waals surface area contributed by atoms with E-state index in [0.717, 1.165) is 5.56 Å². The van der Waals surface area contributed by atoms with Gasteiger partial charge in [-0.25, -0.2) is 4.98 Å². The summed E-state index contributed by atoms with van der Waals surface area (Å²) >= 11 is 5.72. The molecule has 0 radical (unpaired) electrons. The molecule has 0 bridgehead atoms. The van der Waals surface area contributed by atoms with E-state index in [9.17, 15) is 10.1 Å². The maximum Gasteiger partial charge on any atom is 0.408 e. The van der Waals surface area contributed by atoms with E-state index in [-0.39, 0.29) is 10.8 Å². The molecule has 2 heterocycles. The van der Waals surface area contributed by atoms with Crippen molar-refractivity contribution in [2.24, 2.45) is 0 Å². The summed E-state index contributed by atoms with van der Waals surface area (Å²) in [6.07, 6.45) is 3.08. The van der Waals surface area contributed by atoms with Crippen molar-refractivity contribution in [3.05, 3.63) is 45.2 Å². The van der Waals surface area contributed by atoms with Gasteiger partial charge in [0.25, 0.3) is 0 Å². The average Bonchev–Trinajstić information content (AvgIpc) is 2.71. The van der Waals surface area contributed by atoms with Gasteiger partial charge in [-0.05, 0) is 11.0 Å². The van der Waals surface area contributed by atoms with Crippen LogP contribution in [0.1, 0.15) is 5.56 Å². The van der Waals surface area contributed by atoms with Gasteiger partial charge >= 0.3 is 5.82 Å². The molecule has 7 nitrogen and oxygen atoms in total. The van der Waals surface area contributed by atoms with Crippen LogP contribution < -0.4 is 5.32 Å². The van der Waals surface area contributed by atoms with Crippen molar-refractivity contribution in [1.82, 2.24) is 14.8 Å². The van der Waals surface area contributed by atoms with Crippen LogP contribution in [0.3, 0.4) is 0 Å². The first-order chi connectivity index (χ1) is 8.61. The number of nitrogens with one attached hydrogen (secondary N) is 1. The Hall–Kier alpha value is -2.15. The Morgan fingerprint density at radius 2 is 2.39 bits per heavy atom. The lowest BCUT2D eigenvalue weighted by Crippen LogP contribution is -2.05. The molecule has 0 aliphatic heterocycles. The normalized spacial score (nSPS) is 10.3. The number of aromatic nitrogens is 3. The monoisotopic (exact) mass is 267 g/mol. The van der Waals surface area contributed by atoms with E-state index in [1.165, 1.54) is 10.9 Å². The van der Waals surface area contributed by atoms with Crippen LogP contribution in [-0.2, 0) is 6.54 Å². The Kier molecular flexibility index (Phi) is 3.42. The predicted octanol–water partition coefficient (Wildman–Crippen LogP) is 1.93. The van der Waals surface area contributed by atoms with Crippen molar-refractivity contribution >= 4 is 23.2 Å². The summed E-state index contributed by atoms with van der Waals surface area (Å²) in [6, 6.07) is 3.65. The summed E-state index contributed by atoms with van der Waals surface area (Å²) in [5.74, 6) is 0.360. The number of nitrogens with zero attached hydrogens (tertiary/aromatic N) is 4. The van der Waals surface area contributed by atoms with E-state index in [1.54, 1.807) is 19.3 Å². The third kappa shape index (κ3) is 2.40. The van der Waals surface area contributed by atoms with Crippen LogP contribution in [0.4, 0.5) is 11.6 Å². The predicted molar refractivity (Wildman–Crippen MR) is 66.8 cm³/mol. The molecule has 0 amide bonds. The summed E-state index contributed by atoms with van der Waals surface area (Å²) < 4.78 is 1.42. The van der Waals surface area contributed by atoms with Gasteiger partial charge in [0.15, 0.2) is 5.02 Å². The van der Waals surface area contributed by atoms with Gasteiger partial charge in [-0.2, -0.15) is 4.68 Å². The van der Waals surface area contributed by atoms with Crippen molar-refractivity contribution < 1.29 is 4.92 Å². The van der Waals surface area contributed by atoms with Gasteiger partial charge in [0.05, 0.1) is 17.8 Å². The summed E-state index contributed by atoms with van der Waals surface area (Å²) in [5.41, 5.74) is 0.870. The Bertz CT molecular complexity index is 583. The first kappa shape index (κ1) is 12.3. The van der Waals surface area contributed by atoms with Crippen LogP contribution in [0.15, 0.2) is 24.5 Å². The van der Waals surface area contributed by atoms with Gasteiger partial charge in [0.2, 0.25) is 0 Å². The molecule has 1 N–H and O–H groups in total. The second kappa shape index (κ2) is 5.01. The van der Waals surface area contributed by atoms with Gasteiger partial charge in [-0.3, -0.25) is 0 Å². The largest absolute Gasteiger partial charge is 0.408 e. The highest BCUT2D eigenvalue weighted by Gasteiger charge is 2.19. The molecule has 8 heteroatoms. The van der Waals surface area contributed by atoms with Crippen molar-refractivity contribution in [2.75, 3.05) is 12.4 Å². The zero-order valence-corrected chi connectivity index (χ0v) is 10.3. The molecule has 2 aromatic rings. The molecule has 94 valence electrons. The van der Waals surface area contributed by atoms with Gasteiger partial charge in [0.1, 0.15) is 5.82 Å². The summed E-state index contributed by atoms with van der Waals surface area (Å²) in [4.78, 5) is 14.2. The fourth-order valence-electron chi connectivity index (χ4n) is 1.56. The van der Waals surface area contributed by atoms with Crippen molar-refractivity contribution in [3.8, 4) is 0 Å². The molecule has 2 aromatic heterocycles. The molecule has 18 heavy (non-hydrogen) atoms. The van der Waals surface area contributed by atoms with E-state index in [0.29, 0.717) is 12.4 Å². The maximum absolute atomic E-state index is 10.6. The lowest BCUT2D eigenvalue weighted by molar-refractivity contribution is -0.389. The minimum absolute atomic E-state index is 0.0231. The van der Waals surface area contributed by atoms with Gasteiger partial charge < -0.3 is 15.4 Å². The van der Waals surface area contributed by atoms with Crippen LogP contribution in [0.5, 0.6) is 0 Å². The number of halogens is 1. The van der Waals surface area contributed by atoms with Gasteiger partial charge in [-0.15, -0.1) is 0 Å². The fourth-order valence-corrected chi connectivity index (χ4v) is 1.78. The Balaban J connectivity index is 2.29. The fraction of sp³-hybridized carbons (Fsp3) is 0.200. The van der Waals surface area contributed by atoms with E-state index < -0.39 is 4.92 Å². The van der Waals surface area contributed by atoms with Crippen LogP contribution in [0.2, 0.25) is 5.02 Å². The molecule has 0 aliphatic carbocycles. The maximum atomic E-state index is 10.6. The highest BCUT2D eigenvalue weighted by atomic mass is 35.5. The molecule has 0 spiro atoms. The zero-order chi connectivity index (χ0) is 13.1. The van der Waals surface area contributed by atoms with Crippen molar-refractivity contribution in [2.45, 2.75) is 6.54 Å². The Labute approximate surface area is 108 Å². The number of pyridine rings is 1. The molecule has 0 unspecified atom stereocenters. The molecular formula is C10H10ClN5O2. The minimum Gasteiger partial charge on any atom is -0.373 e. The van der Waals surface area contributed by atoms with E-state index >= 15 is 0 Å². The number of nitro groups is 1. The van der Waals surface area contributed by atoms with Gasteiger partial charge in [-0.1, -0.05) is 17.7 Å². The Morgan fingerprint density at radius 3 is 3.00 bits per heavy atom. The second-order valence-corrected chi connectivity index (χ2v) is 3.92. The summed E-state index contributed by atoms with van der Waals surface area (Å²) in [6.45, 7) is 0.359. The number of rotatable bonds is 4. The lowest BCUT2D eigenvalue weighted by atomic mass is 10.2. The SMILES string of the molecule is CNc1ncccc1Cn1cc(Cl)c([N+](=O)[O-])n1. The topological polar surface area (TPSA) is 85.9 Å². The molecular weight excluding hydrogens is 258 g/mol. The second-order valence-electron chi connectivity index (χ2n) is 3.52. The molecule has 2 rings (SSSR count). The average molecular weight is 268 g/mol. The number of hydrogen-bond donors (Lipinski definition) is 1. The first-order valence-corrected chi connectivity index (χ1v) is 5.48. The smallest absolute Gasteiger partial charge is 0.373 e. The van der Waals surface area contributed by atoms with E-state index in [1.807, 2.05) is 6.07 Å². The highest BCUT2D eigenvalue weighted by molar-refractivity contribution is 6.32. The molecule has 0 saturated heterocycles. The first-order valence-electron chi connectivity index (χ1n) is 5.11. The molecule has 0 fully saturated rings. The third-order valence-corrected chi connectivity index (χ3v) is 2.60. The minimum atomic E-state index is -0.610. The molecule has 0 atom stereocenters. The van der Waals surface area contributed by atoms with Crippen molar-refractivity contribution in [1.29, 1.82) is 0 Å². The zero-order valence-electron chi connectivity index (χ0n) is 9.50. The lowest BCUT2D eigenvalue weighted by Gasteiger charge is -2.05. The standard InChI is InChI=1S/C10H10ClN5O2/c1-12-9-7(3-2-4-13-9)5-15-6-8(11)10(14-15)16(17)18/h2-4,6H,5H2,1H3,(H,12,13). The van der Waals surface area contributed by atoms with Gasteiger partial charge in [0, 0.05) is 18.8 Å². The van der Waals surface area contributed by atoms with Crippen LogP contribution >= 0.6 is 11.6 Å². The molecule has 0 aliphatic rings. The third-order valence-electron chi connectivity index (χ3n) is 2.33. The quantitative estimate of drug-likeness (QED) is 0.676. The van der Waals surface area contributed by atoms with Crippen LogP contribution in [-0.4, -0.2) is 26.7 Å². The molecule has 0 aromatic carbocycles. The molecule has 0 saturated carbocycles. The summed E-state index contributed by atoms with van der Waals surface area (Å²) in [7, 11) is 1.75. The van der Waals surface area contributed by atoms with E-state index in [2.05, 4.69) is 15.4 Å². The van der Waals surface area contributed by atoms with E-state index in [4.69, 9.17) is 11.6 Å². The van der Waals surface area contributed by atoms with Crippen molar-refractivity contribution in [3.63, 3.8) is 0 Å². The number of hydrogen-bond acceptors (Lipinski definition) is 5.